The highest BCUT2D eigenvalue weighted by Crippen LogP contribution is 2.32. The van der Waals surface area contributed by atoms with Crippen LogP contribution in [0.15, 0.2) is 36.4 Å². The lowest BCUT2D eigenvalue weighted by atomic mass is 10.1. The van der Waals surface area contributed by atoms with Gasteiger partial charge >= 0.3 is 0 Å². The topological polar surface area (TPSA) is 47.1 Å². The van der Waals surface area contributed by atoms with E-state index in [0.29, 0.717) is 11.5 Å². The van der Waals surface area contributed by atoms with E-state index in [-0.39, 0.29) is 0 Å². The van der Waals surface area contributed by atoms with Gasteiger partial charge in [-0.2, -0.15) is 0 Å². The van der Waals surface area contributed by atoms with Crippen molar-refractivity contribution in [3.63, 3.8) is 0 Å². The first-order valence-electron chi connectivity index (χ1n) is 6.96. The summed E-state index contributed by atoms with van der Waals surface area (Å²) in [5.41, 5.74) is 4.18. The van der Waals surface area contributed by atoms with E-state index in [4.69, 9.17) is 9.47 Å². The van der Waals surface area contributed by atoms with Gasteiger partial charge in [0.15, 0.2) is 11.5 Å². The summed E-state index contributed by atoms with van der Waals surface area (Å²) in [4.78, 5) is 7.96. The molecule has 0 amide bonds. The molecule has 0 unspecified atom stereocenters. The molecule has 4 nitrogen and oxygen atoms in total. The number of fused-ring (bicyclic) bond motifs is 1. The second-order valence-electron chi connectivity index (χ2n) is 4.86. The van der Waals surface area contributed by atoms with Gasteiger partial charge in [-0.25, -0.2) is 4.98 Å². The Morgan fingerprint density at radius 1 is 1.00 bits per heavy atom. The first kappa shape index (κ1) is 13.5. The molecule has 108 valence electrons. The lowest BCUT2D eigenvalue weighted by molar-refractivity contribution is 0.356. The van der Waals surface area contributed by atoms with Crippen molar-refractivity contribution in [2.75, 3.05) is 14.2 Å². The van der Waals surface area contributed by atoms with E-state index in [1.165, 1.54) is 5.56 Å². The third-order valence-corrected chi connectivity index (χ3v) is 3.62. The Morgan fingerprint density at radius 3 is 2.29 bits per heavy atom. The number of hydrogen-bond donors (Lipinski definition) is 1. The van der Waals surface area contributed by atoms with Crippen molar-refractivity contribution in [3.05, 3.63) is 42.0 Å². The fourth-order valence-corrected chi connectivity index (χ4v) is 2.37. The van der Waals surface area contributed by atoms with E-state index >= 15 is 0 Å². The van der Waals surface area contributed by atoms with E-state index in [1.54, 1.807) is 14.2 Å². The van der Waals surface area contributed by atoms with Gasteiger partial charge in [-0.05, 0) is 12.0 Å². The Balaban J connectivity index is 2.07. The maximum Gasteiger partial charge on any atom is 0.163 e. The molecule has 0 saturated carbocycles. The molecule has 0 saturated heterocycles. The Hall–Kier alpha value is -2.49. The molecular weight excluding hydrogens is 264 g/mol. The van der Waals surface area contributed by atoms with Crippen molar-refractivity contribution in [3.8, 4) is 22.9 Å². The van der Waals surface area contributed by atoms with E-state index in [2.05, 4.69) is 41.2 Å². The van der Waals surface area contributed by atoms with Crippen LogP contribution in [0, 0.1) is 0 Å². The largest absolute Gasteiger partial charge is 0.493 e. The number of methoxy groups -OCH3 is 2. The highest BCUT2D eigenvalue weighted by molar-refractivity contribution is 5.83. The maximum atomic E-state index is 5.32. The minimum atomic E-state index is 0.685. The molecule has 0 aliphatic heterocycles. The van der Waals surface area contributed by atoms with Crippen molar-refractivity contribution < 1.29 is 9.47 Å². The molecule has 1 aromatic heterocycles. The van der Waals surface area contributed by atoms with Crippen LogP contribution in [0.25, 0.3) is 22.4 Å². The molecule has 0 fully saturated rings. The van der Waals surface area contributed by atoms with Crippen LogP contribution >= 0.6 is 0 Å². The molecule has 3 rings (SSSR count). The highest BCUT2D eigenvalue weighted by Gasteiger charge is 2.10. The Morgan fingerprint density at radius 2 is 1.67 bits per heavy atom. The third kappa shape index (κ3) is 2.44. The van der Waals surface area contributed by atoms with Crippen molar-refractivity contribution in [1.29, 1.82) is 0 Å². The second-order valence-corrected chi connectivity index (χ2v) is 4.86. The van der Waals surface area contributed by atoms with Crippen LogP contribution in [0.1, 0.15) is 12.5 Å². The van der Waals surface area contributed by atoms with Gasteiger partial charge in [0, 0.05) is 17.7 Å². The third-order valence-electron chi connectivity index (χ3n) is 3.62. The van der Waals surface area contributed by atoms with E-state index < -0.39 is 0 Å². The Labute approximate surface area is 123 Å². The normalized spacial score (nSPS) is 10.8. The van der Waals surface area contributed by atoms with Crippen LogP contribution < -0.4 is 9.47 Å². The molecule has 4 heteroatoms. The molecule has 1 heterocycles. The predicted molar refractivity (Wildman–Crippen MR) is 84.0 cm³/mol. The van der Waals surface area contributed by atoms with Crippen LogP contribution in [-0.4, -0.2) is 24.2 Å². The van der Waals surface area contributed by atoms with Gasteiger partial charge in [-0.1, -0.05) is 31.2 Å². The summed E-state index contributed by atoms with van der Waals surface area (Å²) < 4.78 is 10.6. The number of nitrogens with zero attached hydrogens (tertiary/aromatic N) is 1. The standard InChI is InChI=1S/C17H18N2O2/c1-4-11-5-7-12(8-6-11)17-18-13-9-15(20-2)16(21-3)10-14(13)19-17/h5-10H,4H2,1-3H3,(H,18,19). The number of rotatable bonds is 4. The number of aromatic amines is 1. The zero-order chi connectivity index (χ0) is 14.8. The van der Waals surface area contributed by atoms with Gasteiger partial charge in [0.1, 0.15) is 5.82 Å². The molecular formula is C17H18N2O2. The van der Waals surface area contributed by atoms with Gasteiger partial charge in [0.2, 0.25) is 0 Å². The molecule has 21 heavy (non-hydrogen) atoms. The number of imidazole rings is 1. The summed E-state index contributed by atoms with van der Waals surface area (Å²) >= 11 is 0. The number of aromatic nitrogens is 2. The minimum Gasteiger partial charge on any atom is -0.493 e. The molecule has 0 aliphatic carbocycles. The first-order chi connectivity index (χ1) is 10.2. The summed E-state index contributed by atoms with van der Waals surface area (Å²) in [6.07, 6.45) is 1.04. The van der Waals surface area contributed by atoms with Gasteiger partial charge in [0.25, 0.3) is 0 Å². The van der Waals surface area contributed by atoms with Crippen molar-refractivity contribution in [1.82, 2.24) is 9.97 Å². The van der Waals surface area contributed by atoms with Crippen molar-refractivity contribution in [2.45, 2.75) is 13.3 Å². The Bertz CT molecular complexity index is 719. The lowest BCUT2D eigenvalue weighted by Gasteiger charge is -2.06. The number of H-pyrrole nitrogens is 1. The summed E-state index contributed by atoms with van der Waals surface area (Å²) in [6.45, 7) is 2.15. The fourth-order valence-electron chi connectivity index (χ4n) is 2.37. The highest BCUT2D eigenvalue weighted by atomic mass is 16.5. The molecule has 0 radical (unpaired) electrons. The van der Waals surface area contributed by atoms with Gasteiger partial charge in [-0.15, -0.1) is 0 Å². The summed E-state index contributed by atoms with van der Waals surface area (Å²) in [5.74, 6) is 2.23. The van der Waals surface area contributed by atoms with Crippen LogP contribution in [0.5, 0.6) is 11.5 Å². The minimum absolute atomic E-state index is 0.685. The number of benzene rings is 2. The van der Waals surface area contributed by atoms with Crippen molar-refractivity contribution in [2.24, 2.45) is 0 Å². The quantitative estimate of drug-likeness (QED) is 0.791. The summed E-state index contributed by atoms with van der Waals surface area (Å²) in [5, 5.41) is 0. The van der Waals surface area contributed by atoms with E-state index in [0.717, 1.165) is 28.8 Å². The molecule has 0 spiro atoms. The lowest BCUT2D eigenvalue weighted by Crippen LogP contribution is -1.89. The monoisotopic (exact) mass is 282 g/mol. The van der Waals surface area contributed by atoms with E-state index in [1.807, 2.05) is 12.1 Å². The summed E-state index contributed by atoms with van der Waals surface area (Å²) in [7, 11) is 3.26. The van der Waals surface area contributed by atoms with Crippen LogP contribution in [0.3, 0.4) is 0 Å². The smallest absolute Gasteiger partial charge is 0.163 e. The van der Waals surface area contributed by atoms with E-state index in [9.17, 15) is 0 Å². The molecule has 1 N–H and O–H groups in total. The molecule has 0 aliphatic rings. The second kappa shape index (κ2) is 5.48. The van der Waals surface area contributed by atoms with Crippen LogP contribution in [0.2, 0.25) is 0 Å². The Kier molecular flexibility index (Phi) is 3.52. The molecule has 2 aromatic carbocycles. The number of ether oxygens (including phenoxy) is 2. The average molecular weight is 282 g/mol. The van der Waals surface area contributed by atoms with Gasteiger partial charge in [0.05, 0.1) is 25.3 Å². The molecule has 0 bridgehead atoms. The van der Waals surface area contributed by atoms with Crippen LogP contribution in [0.4, 0.5) is 0 Å². The van der Waals surface area contributed by atoms with Gasteiger partial charge in [-0.3, -0.25) is 0 Å². The van der Waals surface area contributed by atoms with Crippen molar-refractivity contribution >= 4 is 11.0 Å². The van der Waals surface area contributed by atoms with Crippen LogP contribution in [-0.2, 0) is 6.42 Å². The SMILES string of the molecule is CCc1ccc(-c2nc3cc(OC)c(OC)cc3[nH]2)cc1. The molecule has 3 aromatic rings. The van der Waals surface area contributed by atoms with Gasteiger partial charge < -0.3 is 14.5 Å². The fraction of sp³-hybridized carbons (Fsp3) is 0.235. The number of hydrogen-bond acceptors (Lipinski definition) is 3. The first-order valence-corrected chi connectivity index (χ1v) is 6.96. The average Bonchev–Trinajstić information content (AvgIpc) is 2.96. The number of aryl methyl sites for hydroxylation is 1. The zero-order valence-electron chi connectivity index (χ0n) is 12.4. The predicted octanol–water partition coefficient (Wildman–Crippen LogP) is 3.81. The molecule has 0 atom stereocenters. The zero-order valence-corrected chi connectivity index (χ0v) is 12.4. The number of nitrogens with one attached hydrogen (secondary N) is 1. The summed E-state index contributed by atoms with van der Waals surface area (Å²) in [6, 6.07) is 12.2. The maximum absolute atomic E-state index is 5.32.